The number of benzene rings is 3. The summed E-state index contributed by atoms with van der Waals surface area (Å²) in [6.45, 7) is 0. The third-order valence-corrected chi connectivity index (χ3v) is 4.88. The summed E-state index contributed by atoms with van der Waals surface area (Å²) in [5.41, 5.74) is 4.47. The fourth-order valence-corrected chi connectivity index (χ4v) is 3.23. The van der Waals surface area contributed by atoms with Crippen LogP contribution >= 0.6 is 28.1 Å². The molecule has 0 fully saturated rings. The van der Waals surface area contributed by atoms with Crippen LogP contribution in [-0.2, 0) is 0 Å². The fraction of sp³-hybridized carbons (Fsp3) is 0.0870. The third kappa shape index (κ3) is 6.29. The molecular weight excluding hydrogens is 494 g/mol. The second-order valence-corrected chi connectivity index (χ2v) is 7.66. The van der Waals surface area contributed by atoms with Gasteiger partial charge in [0.05, 0.1) is 26.0 Å². The van der Waals surface area contributed by atoms with Crippen LogP contribution in [0.2, 0.25) is 0 Å². The highest BCUT2D eigenvalue weighted by Crippen LogP contribution is 2.29. The van der Waals surface area contributed by atoms with Gasteiger partial charge in [-0.1, -0.05) is 34.1 Å². The van der Waals surface area contributed by atoms with Gasteiger partial charge in [-0.25, -0.2) is 4.79 Å². The lowest BCUT2D eigenvalue weighted by Crippen LogP contribution is -2.23. The SMILES string of the molecule is COc1ccc(C(=O)Oc2ccc(Br)cc2/C=N\NC(=S)Nc2ccccc2)cc1OC. The van der Waals surface area contributed by atoms with Gasteiger partial charge in [-0.3, -0.25) is 5.43 Å². The van der Waals surface area contributed by atoms with Crippen LogP contribution in [0.15, 0.2) is 76.3 Å². The zero-order valence-corrected chi connectivity index (χ0v) is 19.7. The number of rotatable bonds is 7. The molecule has 3 aromatic carbocycles. The zero-order valence-electron chi connectivity index (χ0n) is 17.3. The predicted molar refractivity (Wildman–Crippen MR) is 132 cm³/mol. The summed E-state index contributed by atoms with van der Waals surface area (Å²) >= 11 is 8.65. The standard InChI is InChI=1S/C23H20BrN3O4S/c1-29-20-10-8-15(13-21(20)30-2)22(28)31-19-11-9-17(24)12-16(19)14-25-27-23(32)26-18-6-4-3-5-7-18/h3-14H,1-2H3,(H2,26,27,32)/b25-14-. The number of nitrogens with one attached hydrogen (secondary N) is 2. The van der Waals surface area contributed by atoms with E-state index in [4.69, 9.17) is 26.4 Å². The van der Waals surface area contributed by atoms with Crippen LogP contribution in [0.5, 0.6) is 17.2 Å². The molecule has 0 aliphatic carbocycles. The third-order valence-electron chi connectivity index (χ3n) is 4.20. The van der Waals surface area contributed by atoms with Crippen LogP contribution in [0.25, 0.3) is 0 Å². The summed E-state index contributed by atoms with van der Waals surface area (Å²) in [5, 5.41) is 7.49. The first-order valence-electron chi connectivity index (χ1n) is 9.39. The summed E-state index contributed by atoms with van der Waals surface area (Å²) < 4.78 is 16.8. The van der Waals surface area contributed by atoms with Crippen molar-refractivity contribution in [1.29, 1.82) is 0 Å². The van der Waals surface area contributed by atoms with Gasteiger partial charge < -0.3 is 19.5 Å². The Morgan fingerprint density at radius 3 is 2.41 bits per heavy atom. The molecule has 0 aliphatic heterocycles. The Labute approximate surface area is 199 Å². The maximum atomic E-state index is 12.7. The molecule has 0 saturated heterocycles. The Morgan fingerprint density at radius 1 is 0.969 bits per heavy atom. The number of hydrogen-bond acceptors (Lipinski definition) is 6. The highest BCUT2D eigenvalue weighted by molar-refractivity contribution is 9.10. The summed E-state index contributed by atoms with van der Waals surface area (Å²) in [7, 11) is 3.03. The fourth-order valence-electron chi connectivity index (χ4n) is 2.68. The predicted octanol–water partition coefficient (Wildman–Crippen LogP) is 5.01. The molecule has 164 valence electrons. The Balaban J connectivity index is 1.71. The maximum Gasteiger partial charge on any atom is 0.343 e. The largest absolute Gasteiger partial charge is 0.493 e. The number of hydrogen-bond donors (Lipinski definition) is 2. The Morgan fingerprint density at radius 2 is 1.69 bits per heavy atom. The van der Waals surface area contributed by atoms with E-state index >= 15 is 0 Å². The summed E-state index contributed by atoms with van der Waals surface area (Å²) in [4.78, 5) is 12.7. The number of methoxy groups -OCH3 is 2. The molecule has 0 aliphatic rings. The molecule has 0 bridgehead atoms. The van der Waals surface area contributed by atoms with E-state index in [0.29, 0.717) is 33.5 Å². The molecule has 0 saturated carbocycles. The number of carbonyl (C=O) groups is 1. The first-order valence-corrected chi connectivity index (χ1v) is 10.6. The van der Waals surface area contributed by atoms with E-state index in [1.165, 1.54) is 20.4 Å². The maximum absolute atomic E-state index is 12.7. The number of ether oxygens (including phenoxy) is 3. The lowest BCUT2D eigenvalue weighted by atomic mass is 10.2. The molecule has 0 unspecified atom stereocenters. The van der Waals surface area contributed by atoms with E-state index < -0.39 is 5.97 Å². The molecule has 7 nitrogen and oxygen atoms in total. The Hall–Kier alpha value is -3.43. The van der Waals surface area contributed by atoms with Crippen molar-refractivity contribution in [1.82, 2.24) is 5.43 Å². The molecule has 0 aromatic heterocycles. The minimum atomic E-state index is -0.544. The number of anilines is 1. The highest BCUT2D eigenvalue weighted by Gasteiger charge is 2.14. The second-order valence-electron chi connectivity index (χ2n) is 6.33. The Kier molecular flexibility index (Phi) is 8.18. The van der Waals surface area contributed by atoms with Crippen LogP contribution < -0.4 is 25.0 Å². The molecule has 3 aromatic rings. The van der Waals surface area contributed by atoms with Gasteiger partial charge in [-0.15, -0.1) is 0 Å². The highest BCUT2D eigenvalue weighted by atomic mass is 79.9. The summed E-state index contributed by atoms with van der Waals surface area (Å²) in [6.07, 6.45) is 1.51. The second kappa shape index (κ2) is 11.3. The molecule has 0 heterocycles. The minimum Gasteiger partial charge on any atom is -0.493 e. The van der Waals surface area contributed by atoms with E-state index in [1.807, 2.05) is 30.3 Å². The average molecular weight is 514 g/mol. The van der Waals surface area contributed by atoms with Crippen LogP contribution in [0.4, 0.5) is 5.69 Å². The molecule has 0 amide bonds. The van der Waals surface area contributed by atoms with E-state index in [9.17, 15) is 4.79 Å². The van der Waals surface area contributed by atoms with Crippen LogP contribution in [0.1, 0.15) is 15.9 Å². The molecule has 2 N–H and O–H groups in total. The number of nitrogens with zero attached hydrogens (tertiary/aromatic N) is 1. The van der Waals surface area contributed by atoms with Crippen molar-refractivity contribution in [2.45, 2.75) is 0 Å². The number of para-hydroxylation sites is 1. The molecular formula is C23H20BrN3O4S. The zero-order chi connectivity index (χ0) is 22.9. The minimum absolute atomic E-state index is 0.319. The molecule has 3 rings (SSSR count). The van der Waals surface area contributed by atoms with Gasteiger partial charge in [-0.05, 0) is 60.7 Å². The van der Waals surface area contributed by atoms with Crippen molar-refractivity contribution in [3.05, 3.63) is 82.3 Å². The van der Waals surface area contributed by atoms with E-state index in [1.54, 1.807) is 36.4 Å². The Bertz CT molecular complexity index is 1140. The number of esters is 1. The van der Waals surface area contributed by atoms with E-state index in [2.05, 4.69) is 31.8 Å². The van der Waals surface area contributed by atoms with Crippen LogP contribution in [0, 0.1) is 0 Å². The van der Waals surface area contributed by atoms with Gasteiger partial charge in [0.25, 0.3) is 0 Å². The van der Waals surface area contributed by atoms with E-state index in [-0.39, 0.29) is 0 Å². The van der Waals surface area contributed by atoms with Gasteiger partial charge >= 0.3 is 5.97 Å². The summed E-state index contributed by atoms with van der Waals surface area (Å²) in [5.74, 6) is 0.743. The molecule has 0 spiro atoms. The molecule has 32 heavy (non-hydrogen) atoms. The number of hydrazone groups is 1. The monoisotopic (exact) mass is 513 g/mol. The van der Waals surface area contributed by atoms with Crippen molar-refractivity contribution >= 4 is 51.1 Å². The topological polar surface area (TPSA) is 81.2 Å². The average Bonchev–Trinajstić information content (AvgIpc) is 2.80. The lowest BCUT2D eigenvalue weighted by molar-refractivity contribution is 0.0734. The first-order chi connectivity index (χ1) is 15.5. The number of thiocarbonyl (C=S) groups is 1. The molecule has 0 radical (unpaired) electrons. The van der Waals surface area contributed by atoms with Gasteiger partial charge in [0.1, 0.15) is 5.75 Å². The smallest absolute Gasteiger partial charge is 0.343 e. The van der Waals surface area contributed by atoms with Gasteiger partial charge in [0.15, 0.2) is 16.6 Å². The normalized spacial score (nSPS) is 10.5. The van der Waals surface area contributed by atoms with Crippen molar-refractivity contribution in [3.63, 3.8) is 0 Å². The first kappa shape index (κ1) is 23.2. The number of carbonyl (C=O) groups excluding carboxylic acids is 1. The summed E-state index contributed by atoms with van der Waals surface area (Å²) in [6, 6.07) is 19.5. The van der Waals surface area contributed by atoms with Crippen molar-refractivity contribution in [2.24, 2.45) is 5.10 Å². The van der Waals surface area contributed by atoms with Crippen molar-refractivity contribution in [3.8, 4) is 17.2 Å². The van der Waals surface area contributed by atoms with Crippen LogP contribution in [0.3, 0.4) is 0 Å². The van der Waals surface area contributed by atoms with Gasteiger partial charge in [-0.2, -0.15) is 5.10 Å². The van der Waals surface area contributed by atoms with Crippen molar-refractivity contribution < 1.29 is 19.0 Å². The quantitative estimate of drug-likeness (QED) is 0.151. The van der Waals surface area contributed by atoms with Gasteiger partial charge in [0, 0.05) is 15.7 Å². The molecule has 9 heteroatoms. The van der Waals surface area contributed by atoms with Gasteiger partial charge in [0.2, 0.25) is 0 Å². The molecule has 0 atom stereocenters. The lowest BCUT2D eigenvalue weighted by Gasteiger charge is -2.11. The van der Waals surface area contributed by atoms with E-state index in [0.717, 1.165) is 10.2 Å². The van der Waals surface area contributed by atoms with Crippen LogP contribution in [-0.4, -0.2) is 31.5 Å². The van der Waals surface area contributed by atoms with Crippen molar-refractivity contribution in [2.75, 3.05) is 19.5 Å². The number of halogens is 1.